The number of imidazole rings is 1. The molecule has 3 heterocycles. The van der Waals surface area contributed by atoms with E-state index in [9.17, 15) is 14.4 Å². The number of aldehydes is 1. The van der Waals surface area contributed by atoms with Crippen molar-refractivity contribution >= 4 is 29.1 Å². The normalized spacial score (nSPS) is 11.1. The van der Waals surface area contributed by atoms with Crippen LogP contribution in [0, 0.1) is 0 Å². The number of aromatic nitrogens is 4. The van der Waals surface area contributed by atoms with Crippen LogP contribution in [-0.4, -0.2) is 38.1 Å². The number of hydrogen-bond acceptors (Lipinski definition) is 6. The van der Waals surface area contributed by atoms with Gasteiger partial charge in [0.25, 0.3) is 5.56 Å². The van der Waals surface area contributed by atoms with Crippen molar-refractivity contribution < 1.29 is 19.1 Å². The van der Waals surface area contributed by atoms with Gasteiger partial charge < -0.3 is 18.6 Å². The number of fused-ring (bicyclic) bond motifs is 3. The molecule has 4 aromatic rings. The van der Waals surface area contributed by atoms with Gasteiger partial charge in [0, 0.05) is 30.2 Å². The third kappa shape index (κ3) is 2.73. The summed E-state index contributed by atoms with van der Waals surface area (Å²) in [6.07, 6.45) is 4.81. The Hall–Kier alpha value is -3.88. The number of hydrogen-bond donors (Lipinski definition) is 0. The Bertz CT molecular complexity index is 1280. The highest BCUT2D eigenvalue weighted by molar-refractivity contribution is 5.81. The van der Waals surface area contributed by atoms with Gasteiger partial charge in [-0.2, -0.15) is 4.98 Å². The Morgan fingerprint density at radius 1 is 1.21 bits per heavy atom. The SMILES string of the molecule is CCn1c(=O)c2nc(OC(=O)OC)cn2c2cc(-n3ccc(C=O)c3)ccc21. The van der Waals surface area contributed by atoms with Crippen LogP contribution in [0.4, 0.5) is 4.79 Å². The van der Waals surface area contributed by atoms with Crippen LogP contribution in [0.15, 0.2) is 47.7 Å². The fourth-order valence-electron chi connectivity index (χ4n) is 3.15. The summed E-state index contributed by atoms with van der Waals surface area (Å²) in [5, 5.41) is 0. The zero-order chi connectivity index (χ0) is 19.8. The van der Waals surface area contributed by atoms with Gasteiger partial charge in [-0.25, -0.2) is 4.79 Å². The lowest BCUT2D eigenvalue weighted by Crippen LogP contribution is -2.22. The molecule has 0 unspecified atom stereocenters. The first-order chi connectivity index (χ1) is 13.5. The average Bonchev–Trinajstić information content (AvgIpc) is 3.35. The van der Waals surface area contributed by atoms with E-state index in [1.54, 1.807) is 32.0 Å². The van der Waals surface area contributed by atoms with Crippen LogP contribution < -0.4 is 10.3 Å². The van der Waals surface area contributed by atoms with Gasteiger partial charge in [0.2, 0.25) is 11.5 Å². The van der Waals surface area contributed by atoms with E-state index in [0.29, 0.717) is 23.1 Å². The van der Waals surface area contributed by atoms with Crippen LogP contribution in [0.3, 0.4) is 0 Å². The molecular weight excluding hydrogens is 364 g/mol. The standard InChI is InChI=1S/C19H16N4O5/c1-3-22-14-5-4-13(21-7-6-12(9-21)11-24)8-15(14)23-10-16(28-19(26)27-2)20-17(23)18(22)25/h4-11H,3H2,1-2H3. The molecular formula is C19H16N4O5. The quantitative estimate of drug-likeness (QED) is 0.398. The topological polar surface area (TPSA) is 96.8 Å². The maximum atomic E-state index is 12.8. The van der Waals surface area contributed by atoms with Crippen LogP contribution >= 0.6 is 0 Å². The number of ether oxygens (including phenoxy) is 2. The Labute approximate surface area is 158 Å². The minimum Gasteiger partial charge on any atom is -0.437 e. The molecule has 0 aliphatic heterocycles. The maximum absolute atomic E-state index is 12.8. The van der Waals surface area contributed by atoms with Crippen molar-refractivity contribution in [3.8, 4) is 11.6 Å². The summed E-state index contributed by atoms with van der Waals surface area (Å²) in [5.74, 6) is -0.0336. The summed E-state index contributed by atoms with van der Waals surface area (Å²) in [4.78, 5) is 39.3. The summed E-state index contributed by atoms with van der Waals surface area (Å²) < 4.78 is 14.4. The van der Waals surface area contributed by atoms with Gasteiger partial charge in [-0.1, -0.05) is 0 Å². The largest absolute Gasteiger partial charge is 0.514 e. The second-order valence-electron chi connectivity index (χ2n) is 6.02. The molecule has 0 amide bonds. The molecule has 3 aromatic heterocycles. The van der Waals surface area contributed by atoms with Gasteiger partial charge in [0.05, 0.1) is 24.3 Å². The highest BCUT2D eigenvalue weighted by atomic mass is 16.7. The Morgan fingerprint density at radius 3 is 2.71 bits per heavy atom. The van der Waals surface area contributed by atoms with Crippen LogP contribution in [0.1, 0.15) is 17.3 Å². The number of aryl methyl sites for hydroxylation is 1. The van der Waals surface area contributed by atoms with Crippen molar-refractivity contribution in [1.29, 1.82) is 0 Å². The molecule has 9 heteroatoms. The maximum Gasteiger partial charge on any atom is 0.514 e. The molecule has 0 radical (unpaired) electrons. The van der Waals surface area contributed by atoms with Crippen LogP contribution in [0.25, 0.3) is 22.4 Å². The van der Waals surface area contributed by atoms with Crippen molar-refractivity contribution in [3.05, 3.63) is 58.8 Å². The fourth-order valence-corrected chi connectivity index (χ4v) is 3.15. The number of nitrogens with zero attached hydrogens (tertiary/aromatic N) is 4. The van der Waals surface area contributed by atoms with Crippen molar-refractivity contribution in [2.75, 3.05) is 7.11 Å². The summed E-state index contributed by atoms with van der Waals surface area (Å²) in [6, 6.07) is 7.26. The van der Waals surface area contributed by atoms with E-state index in [4.69, 9.17) is 4.74 Å². The van der Waals surface area contributed by atoms with E-state index in [1.807, 2.05) is 25.1 Å². The molecule has 28 heavy (non-hydrogen) atoms. The first-order valence-electron chi connectivity index (χ1n) is 8.50. The number of benzene rings is 1. The second-order valence-corrected chi connectivity index (χ2v) is 6.02. The van der Waals surface area contributed by atoms with Crippen LogP contribution in [0.5, 0.6) is 5.88 Å². The van der Waals surface area contributed by atoms with Crippen molar-refractivity contribution in [3.63, 3.8) is 0 Å². The second kappa shape index (κ2) is 6.69. The predicted molar refractivity (Wildman–Crippen MR) is 100 cm³/mol. The third-order valence-corrected chi connectivity index (χ3v) is 4.45. The summed E-state index contributed by atoms with van der Waals surface area (Å²) in [6.45, 7) is 2.31. The van der Waals surface area contributed by atoms with Crippen molar-refractivity contribution in [2.24, 2.45) is 0 Å². The Morgan fingerprint density at radius 2 is 2.04 bits per heavy atom. The molecule has 0 atom stereocenters. The minimum absolute atomic E-state index is 0.0336. The van der Waals surface area contributed by atoms with Gasteiger partial charge in [0.15, 0.2) is 6.29 Å². The van der Waals surface area contributed by atoms with E-state index in [2.05, 4.69) is 9.72 Å². The molecule has 0 bridgehead atoms. The van der Waals surface area contributed by atoms with Gasteiger partial charge >= 0.3 is 6.16 Å². The summed E-state index contributed by atoms with van der Waals surface area (Å²) >= 11 is 0. The number of carbonyl (C=O) groups excluding carboxylic acids is 2. The highest BCUT2D eigenvalue weighted by Gasteiger charge is 2.16. The minimum atomic E-state index is -0.919. The molecule has 142 valence electrons. The smallest absolute Gasteiger partial charge is 0.437 e. The summed E-state index contributed by atoms with van der Waals surface area (Å²) in [7, 11) is 1.19. The van der Waals surface area contributed by atoms with E-state index in [1.165, 1.54) is 13.3 Å². The van der Waals surface area contributed by atoms with E-state index in [0.717, 1.165) is 12.0 Å². The fraction of sp³-hybridized carbons (Fsp3) is 0.158. The molecule has 0 saturated heterocycles. The molecule has 1 aromatic carbocycles. The van der Waals surface area contributed by atoms with Crippen molar-refractivity contribution in [2.45, 2.75) is 13.5 Å². The van der Waals surface area contributed by atoms with Gasteiger partial charge in [-0.05, 0) is 31.2 Å². The lowest BCUT2D eigenvalue weighted by atomic mass is 10.2. The molecule has 0 aliphatic carbocycles. The Balaban J connectivity index is 1.98. The van der Waals surface area contributed by atoms with Crippen LogP contribution in [0.2, 0.25) is 0 Å². The molecule has 0 spiro atoms. The monoisotopic (exact) mass is 380 g/mol. The lowest BCUT2D eigenvalue weighted by Gasteiger charge is -2.12. The molecule has 0 saturated carbocycles. The van der Waals surface area contributed by atoms with E-state index in [-0.39, 0.29) is 17.1 Å². The van der Waals surface area contributed by atoms with E-state index < -0.39 is 6.16 Å². The van der Waals surface area contributed by atoms with Crippen LogP contribution in [-0.2, 0) is 11.3 Å². The van der Waals surface area contributed by atoms with Gasteiger partial charge in [-0.15, -0.1) is 0 Å². The number of carbonyl (C=O) groups is 2. The predicted octanol–water partition coefficient (Wildman–Crippen LogP) is 2.42. The average molecular weight is 380 g/mol. The number of rotatable bonds is 4. The number of methoxy groups -OCH3 is 1. The van der Waals surface area contributed by atoms with Gasteiger partial charge in [0.1, 0.15) is 0 Å². The first-order valence-corrected chi connectivity index (χ1v) is 8.50. The molecule has 0 aliphatic rings. The van der Waals surface area contributed by atoms with E-state index >= 15 is 0 Å². The highest BCUT2D eigenvalue weighted by Crippen LogP contribution is 2.22. The zero-order valence-corrected chi connectivity index (χ0v) is 15.2. The molecule has 4 rings (SSSR count). The Kier molecular flexibility index (Phi) is 4.19. The van der Waals surface area contributed by atoms with Crippen molar-refractivity contribution in [1.82, 2.24) is 18.5 Å². The lowest BCUT2D eigenvalue weighted by molar-refractivity contribution is 0.112. The molecule has 0 N–H and O–H groups in total. The first kappa shape index (κ1) is 17.5. The van der Waals surface area contributed by atoms with Gasteiger partial charge in [-0.3, -0.25) is 14.0 Å². The molecule has 0 fully saturated rings. The summed E-state index contributed by atoms with van der Waals surface area (Å²) in [5.41, 5.74) is 2.58. The third-order valence-electron chi connectivity index (χ3n) is 4.45. The zero-order valence-electron chi connectivity index (χ0n) is 15.2. The molecule has 9 nitrogen and oxygen atoms in total.